The van der Waals surface area contributed by atoms with Crippen LogP contribution in [0.3, 0.4) is 0 Å². The number of fused-ring (bicyclic) bond motifs is 1. The van der Waals surface area contributed by atoms with Gasteiger partial charge in [-0.2, -0.15) is 0 Å². The predicted molar refractivity (Wildman–Crippen MR) is 124 cm³/mol. The van der Waals surface area contributed by atoms with Gasteiger partial charge >= 0.3 is 0 Å². The number of aryl methyl sites for hydroxylation is 1. The molecule has 0 aliphatic carbocycles. The molecule has 0 saturated carbocycles. The summed E-state index contributed by atoms with van der Waals surface area (Å²) < 4.78 is 0. The molecule has 4 heterocycles. The summed E-state index contributed by atoms with van der Waals surface area (Å²) >= 11 is 0. The van der Waals surface area contributed by atoms with E-state index in [1.165, 1.54) is 0 Å². The Bertz CT molecular complexity index is 1060. The van der Waals surface area contributed by atoms with Gasteiger partial charge < -0.3 is 26.0 Å². The Morgan fingerprint density at radius 1 is 1.10 bits per heavy atom. The van der Waals surface area contributed by atoms with E-state index in [2.05, 4.69) is 41.9 Å². The summed E-state index contributed by atoms with van der Waals surface area (Å²) in [6.07, 6.45) is 1.07. The Morgan fingerprint density at radius 2 is 1.87 bits per heavy atom. The SMILES string of the molecule is Cc1nc(Nc2ncc3cc([C@@H](C)O)nc(NC(C)C)c3n2)ccc1N1CCNCC1. The number of piperazine rings is 1. The van der Waals surface area contributed by atoms with Crippen molar-refractivity contribution in [3.05, 3.63) is 35.8 Å². The molecule has 9 nitrogen and oxygen atoms in total. The Hall–Kier alpha value is -3.04. The van der Waals surface area contributed by atoms with Gasteiger partial charge in [-0.1, -0.05) is 0 Å². The molecule has 0 bridgehead atoms. The summed E-state index contributed by atoms with van der Waals surface area (Å²) in [4.78, 5) is 20.8. The van der Waals surface area contributed by atoms with Crippen molar-refractivity contribution < 1.29 is 5.11 Å². The van der Waals surface area contributed by atoms with Crippen LogP contribution in [0.2, 0.25) is 0 Å². The van der Waals surface area contributed by atoms with E-state index < -0.39 is 6.10 Å². The molecule has 9 heteroatoms. The second kappa shape index (κ2) is 8.99. The zero-order valence-electron chi connectivity index (χ0n) is 18.5. The summed E-state index contributed by atoms with van der Waals surface area (Å²) in [5.74, 6) is 1.78. The monoisotopic (exact) mass is 422 g/mol. The number of nitrogens with zero attached hydrogens (tertiary/aromatic N) is 5. The molecular formula is C22H30N8O. The highest BCUT2D eigenvalue weighted by Gasteiger charge is 2.15. The van der Waals surface area contributed by atoms with Crippen molar-refractivity contribution in [2.45, 2.75) is 39.8 Å². The first kappa shape index (κ1) is 21.2. The minimum atomic E-state index is -0.670. The van der Waals surface area contributed by atoms with Gasteiger partial charge in [-0.25, -0.2) is 19.9 Å². The lowest BCUT2D eigenvalue weighted by molar-refractivity contribution is 0.194. The molecule has 0 radical (unpaired) electrons. The molecule has 3 aromatic heterocycles. The lowest BCUT2D eigenvalue weighted by Crippen LogP contribution is -2.43. The summed E-state index contributed by atoms with van der Waals surface area (Å²) in [5.41, 5.74) is 3.41. The molecule has 1 atom stereocenters. The average Bonchev–Trinajstić information content (AvgIpc) is 2.74. The Balaban J connectivity index is 1.62. The quantitative estimate of drug-likeness (QED) is 0.476. The van der Waals surface area contributed by atoms with Gasteiger partial charge in [-0.15, -0.1) is 0 Å². The fourth-order valence-corrected chi connectivity index (χ4v) is 3.69. The average molecular weight is 423 g/mol. The van der Waals surface area contributed by atoms with Crippen LogP contribution in [-0.2, 0) is 0 Å². The van der Waals surface area contributed by atoms with Gasteiger partial charge in [-0.05, 0) is 45.9 Å². The summed E-state index contributed by atoms with van der Waals surface area (Å²) in [7, 11) is 0. The Kier molecular flexibility index (Phi) is 6.15. The summed E-state index contributed by atoms with van der Waals surface area (Å²) in [6.45, 7) is 11.7. The predicted octanol–water partition coefficient (Wildman–Crippen LogP) is 2.76. The van der Waals surface area contributed by atoms with Crippen molar-refractivity contribution in [1.29, 1.82) is 0 Å². The topological polar surface area (TPSA) is 111 Å². The van der Waals surface area contributed by atoms with Crippen LogP contribution in [0.15, 0.2) is 24.4 Å². The van der Waals surface area contributed by atoms with Crippen LogP contribution in [0.25, 0.3) is 10.9 Å². The number of anilines is 4. The summed E-state index contributed by atoms with van der Waals surface area (Å²) in [6, 6.07) is 6.05. The van der Waals surface area contributed by atoms with Crippen molar-refractivity contribution in [2.24, 2.45) is 0 Å². The first-order valence-corrected chi connectivity index (χ1v) is 10.7. The standard InChI is InChI=1S/C22H30N8O/c1-13(2)25-21-20-16(11-17(27-21)15(4)31)12-24-22(29-20)28-19-6-5-18(14(3)26-19)30-9-7-23-8-10-30/h5-6,11-13,15,23,31H,7-10H2,1-4H3,(H,25,27)(H,24,26,28,29)/t15-/m1/s1. The molecule has 1 aliphatic heterocycles. The van der Waals surface area contributed by atoms with E-state index in [0.717, 1.165) is 42.9 Å². The largest absolute Gasteiger partial charge is 0.387 e. The molecule has 1 aliphatic rings. The molecule has 0 unspecified atom stereocenters. The molecule has 0 aromatic carbocycles. The molecule has 3 aromatic rings. The van der Waals surface area contributed by atoms with Crippen LogP contribution in [0.1, 0.15) is 38.3 Å². The third-order valence-electron chi connectivity index (χ3n) is 5.19. The maximum absolute atomic E-state index is 9.98. The van der Waals surface area contributed by atoms with Gasteiger partial charge in [0.25, 0.3) is 0 Å². The van der Waals surface area contributed by atoms with Crippen molar-refractivity contribution in [1.82, 2.24) is 25.3 Å². The van der Waals surface area contributed by atoms with Crippen LogP contribution >= 0.6 is 0 Å². The first-order valence-electron chi connectivity index (χ1n) is 10.7. The van der Waals surface area contributed by atoms with Gasteiger partial charge in [0.15, 0.2) is 5.82 Å². The van der Waals surface area contributed by atoms with Crippen molar-refractivity contribution in [3.8, 4) is 0 Å². The number of aliphatic hydroxyl groups is 1. The van der Waals surface area contributed by atoms with Crippen LogP contribution < -0.4 is 20.9 Å². The second-order valence-corrected chi connectivity index (χ2v) is 8.17. The number of rotatable bonds is 6. The fourth-order valence-electron chi connectivity index (χ4n) is 3.69. The van der Waals surface area contributed by atoms with E-state index in [1.807, 2.05) is 32.9 Å². The highest BCUT2D eigenvalue weighted by atomic mass is 16.3. The Morgan fingerprint density at radius 3 is 2.55 bits per heavy atom. The summed E-state index contributed by atoms with van der Waals surface area (Å²) in [5, 5.41) is 20.7. The minimum Gasteiger partial charge on any atom is -0.387 e. The molecule has 4 rings (SSSR count). The molecule has 4 N–H and O–H groups in total. The van der Waals surface area contributed by atoms with E-state index in [1.54, 1.807) is 13.1 Å². The molecular weight excluding hydrogens is 392 g/mol. The fraction of sp³-hybridized carbons (Fsp3) is 0.455. The molecule has 164 valence electrons. The second-order valence-electron chi connectivity index (χ2n) is 8.17. The molecule has 1 fully saturated rings. The van der Waals surface area contributed by atoms with Gasteiger partial charge in [-0.3, -0.25) is 0 Å². The zero-order valence-corrected chi connectivity index (χ0v) is 18.5. The number of aromatic nitrogens is 4. The number of pyridine rings is 2. The van der Waals surface area contributed by atoms with Gasteiger partial charge in [0.05, 0.1) is 23.2 Å². The third-order valence-corrected chi connectivity index (χ3v) is 5.19. The number of aliphatic hydroxyl groups excluding tert-OH is 1. The van der Waals surface area contributed by atoms with Crippen LogP contribution in [-0.4, -0.2) is 57.3 Å². The smallest absolute Gasteiger partial charge is 0.229 e. The van der Waals surface area contributed by atoms with E-state index >= 15 is 0 Å². The van der Waals surface area contributed by atoms with Crippen molar-refractivity contribution in [3.63, 3.8) is 0 Å². The molecule has 0 amide bonds. The maximum Gasteiger partial charge on any atom is 0.229 e. The van der Waals surface area contributed by atoms with Crippen molar-refractivity contribution >= 4 is 34.2 Å². The van der Waals surface area contributed by atoms with Crippen LogP contribution in [0, 0.1) is 6.92 Å². The van der Waals surface area contributed by atoms with E-state index in [-0.39, 0.29) is 6.04 Å². The van der Waals surface area contributed by atoms with Crippen LogP contribution in [0.5, 0.6) is 0 Å². The highest BCUT2D eigenvalue weighted by Crippen LogP contribution is 2.26. The first-order chi connectivity index (χ1) is 14.9. The normalized spacial score (nSPS) is 15.4. The van der Waals surface area contributed by atoms with E-state index in [4.69, 9.17) is 4.98 Å². The molecule has 1 saturated heterocycles. The van der Waals surface area contributed by atoms with Gasteiger partial charge in [0.1, 0.15) is 11.3 Å². The number of nitrogens with one attached hydrogen (secondary N) is 3. The minimum absolute atomic E-state index is 0.174. The van der Waals surface area contributed by atoms with E-state index in [0.29, 0.717) is 28.8 Å². The van der Waals surface area contributed by atoms with Gasteiger partial charge in [0, 0.05) is 43.8 Å². The zero-order chi connectivity index (χ0) is 22.0. The van der Waals surface area contributed by atoms with E-state index in [9.17, 15) is 5.11 Å². The van der Waals surface area contributed by atoms with Crippen molar-refractivity contribution in [2.75, 3.05) is 41.7 Å². The van der Waals surface area contributed by atoms with Crippen LogP contribution in [0.4, 0.5) is 23.3 Å². The Labute approximate surface area is 182 Å². The lowest BCUT2D eigenvalue weighted by atomic mass is 10.2. The number of hydrogen-bond acceptors (Lipinski definition) is 9. The molecule has 0 spiro atoms. The third kappa shape index (κ3) is 4.83. The lowest BCUT2D eigenvalue weighted by Gasteiger charge is -2.30. The number of hydrogen-bond donors (Lipinski definition) is 4. The highest BCUT2D eigenvalue weighted by molar-refractivity contribution is 5.89. The molecule has 31 heavy (non-hydrogen) atoms. The van der Waals surface area contributed by atoms with Gasteiger partial charge in [0.2, 0.25) is 5.95 Å². The maximum atomic E-state index is 9.98.